The molecular formula is C13H17N7. The third kappa shape index (κ3) is 1.66. The molecule has 0 saturated heterocycles. The second-order valence-corrected chi connectivity index (χ2v) is 5.10. The van der Waals surface area contributed by atoms with Gasteiger partial charge in [0.25, 0.3) is 0 Å². The minimum Gasteiger partial charge on any atom is -0.369 e. The van der Waals surface area contributed by atoms with Crippen LogP contribution in [0.25, 0.3) is 17.0 Å². The van der Waals surface area contributed by atoms with Gasteiger partial charge in [-0.1, -0.05) is 0 Å². The molecule has 2 N–H and O–H groups in total. The Morgan fingerprint density at radius 2 is 1.95 bits per heavy atom. The molecule has 20 heavy (non-hydrogen) atoms. The maximum absolute atomic E-state index is 5.95. The van der Waals surface area contributed by atoms with Gasteiger partial charge in [0.1, 0.15) is 0 Å². The minimum absolute atomic E-state index is 0.289. The zero-order chi connectivity index (χ0) is 14.4. The summed E-state index contributed by atoms with van der Waals surface area (Å²) in [5, 5.41) is 13.0. The van der Waals surface area contributed by atoms with Crippen molar-refractivity contribution in [1.82, 2.24) is 29.4 Å². The lowest BCUT2D eigenvalue weighted by molar-refractivity contribution is 0.516. The van der Waals surface area contributed by atoms with Crippen molar-refractivity contribution in [3.63, 3.8) is 0 Å². The van der Waals surface area contributed by atoms with Crippen molar-refractivity contribution in [2.24, 2.45) is 0 Å². The summed E-state index contributed by atoms with van der Waals surface area (Å²) in [4.78, 5) is 4.10. The average Bonchev–Trinajstić information content (AvgIpc) is 2.92. The predicted octanol–water partition coefficient (Wildman–Crippen LogP) is 1.77. The van der Waals surface area contributed by atoms with Crippen molar-refractivity contribution in [3.05, 3.63) is 23.7 Å². The molecule has 3 rings (SSSR count). The van der Waals surface area contributed by atoms with E-state index in [0.717, 1.165) is 17.0 Å². The first-order valence-electron chi connectivity index (χ1n) is 6.52. The standard InChI is InChI=1S/C13H17N7/c1-7(2)20-9(4)11(8(3)18-20)12-17-16-10-5-6-15-13(14)19(10)12/h5-7H,1-4H3,(H2,14,15). The molecular weight excluding hydrogens is 254 g/mol. The normalized spacial score (nSPS) is 11.7. The molecule has 3 aromatic rings. The molecule has 0 fully saturated rings. The number of fused-ring (bicyclic) bond motifs is 1. The first-order valence-corrected chi connectivity index (χ1v) is 6.52. The molecule has 0 bridgehead atoms. The molecule has 0 atom stereocenters. The van der Waals surface area contributed by atoms with Crippen molar-refractivity contribution >= 4 is 11.6 Å². The van der Waals surface area contributed by atoms with Crippen LogP contribution in [0.15, 0.2) is 12.3 Å². The lowest BCUT2D eigenvalue weighted by Crippen LogP contribution is -2.05. The van der Waals surface area contributed by atoms with Gasteiger partial charge in [0, 0.05) is 24.0 Å². The highest BCUT2D eigenvalue weighted by Gasteiger charge is 2.20. The highest BCUT2D eigenvalue weighted by Crippen LogP contribution is 2.28. The Kier molecular flexibility index (Phi) is 2.70. The Morgan fingerprint density at radius 3 is 2.60 bits per heavy atom. The quantitative estimate of drug-likeness (QED) is 0.767. The number of hydrogen-bond donors (Lipinski definition) is 1. The average molecular weight is 271 g/mol. The molecule has 0 aliphatic carbocycles. The van der Waals surface area contributed by atoms with Gasteiger partial charge in [-0.15, -0.1) is 10.2 Å². The molecule has 0 aromatic carbocycles. The van der Waals surface area contributed by atoms with Crippen LogP contribution in [0.4, 0.5) is 5.95 Å². The Bertz CT molecular complexity index is 781. The lowest BCUT2D eigenvalue weighted by atomic mass is 10.2. The zero-order valence-corrected chi connectivity index (χ0v) is 12.0. The summed E-state index contributed by atoms with van der Waals surface area (Å²) in [5.41, 5.74) is 9.56. The van der Waals surface area contributed by atoms with E-state index in [2.05, 4.69) is 34.1 Å². The molecule has 0 saturated carbocycles. The van der Waals surface area contributed by atoms with Gasteiger partial charge >= 0.3 is 0 Å². The molecule has 0 unspecified atom stereocenters. The van der Waals surface area contributed by atoms with Crippen LogP contribution in [0.3, 0.4) is 0 Å². The van der Waals surface area contributed by atoms with Gasteiger partial charge in [0.2, 0.25) is 5.95 Å². The number of aromatic nitrogens is 6. The van der Waals surface area contributed by atoms with Crippen molar-refractivity contribution in [1.29, 1.82) is 0 Å². The second-order valence-electron chi connectivity index (χ2n) is 5.10. The van der Waals surface area contributed by atoms with E-state index >= 15 is 0 Å². The maximum Gasteiger partial charge on any atom is 0.207 e. The first kappa shape index (κ1) is 12.6. The van der Waals surface area contributed by atoms with Gasteiger partial charge in [-0.3, -0.25) is 4.68 Å². The van der Waals surface area contributed by atoms with Crippen LogP contribution < -0.4 is 5.73 Å². The minimum atomic E-state index is 0.289. The van der Waals surface area contributed by atoms with E-state index in [9.17, 15) is 0 Å². The Labute approximate surface area is 116 Å². The van der Waals surface area contributed by atoms with E-state index in [1.54, 1.807) is 16.7 Å². The van der Waals surface area contributed by atoms with Crippen molar-refractivity contribution < 1.29 is 0 Å². The molecule has 0 spiro atoms. The summed E-state index contributed by atoms with van der Waals surface area (Å²) in [7, 11) is 0. The third-order valence-corrected chi connectivity index (χ3v) is 3.39. The molecule has 3 aromatic heterocycles. The molecule has 0 amide bonds. The SMILES string of the molecule is Cc1nn(C(C)C)c(C)c1-c1nnc2ccnc(N)n12. The van der Waals surface area contributed by atoms with Crippen LogP contribution in [-0.2, 0) is 0 Å². The van der Waals surface area contributed by atoms with Crippen LogP contribution in [0.5, 0.6) is 0 Å². The summed E-state index contributed by atoms with van der Waals surface area (Å²) < 4.78 is 3.74. The fraction of sp³-hybridized carbons (Fsp3) is 0.385. The molecule has 0 aliphatic rings. The molecule has 7 heteroatoms. The lowest BCUT2D eigenvalue weighted by Gasteiger charge is -2.08. The van der Waals surface area contributed by atoms with E-state index in [1.165, 1.54) is 0 Å². The summed E-state index contributed by atoms with van der Waals surface area (Å²) in [6.45, 7) is 8.19. The van der Waals surface area contributed by atoms with Crippen LogP contribution in [-0.4, -0.2) is 29.4 Å². The largest absolute Gasteiger partial charge is 0.369 e. The number of hydrogen-bond acceptors (Lipinski definition) is 5. The molecule has 0 radical (unpaired) electrons. The van der Waals surface area contributed by atoms with Crippen molar-refractivity contribution in [3.8, 4) is 11.4 Å². The van der Waals surface area contributed by atoms with Crippen LogP contribution in [0.2, 0.25) is 0 Å². The number of nitrogens with zero attached hydrogens (tertiary/aromatic N) is 6. The maximum atomic E-state index is 5.95. The summed E-state index contributed by atoms with van der Waals surface area (Å²) in [6.07, 6.45) is 1.63. The van der Waals surface area contributed by atoms with Crippen LogP contribution in [0, 0.1) is 13.8 Å². The van der Waals surface area contributed by atoms with E-state index in [0.29, 0.717) is 17.4 Å². The van der Waals surface area contributed by atoms with Crippen molar-refractivity contribution in [2.75, 3.05) is 5.73 Å². The van der Waals surface area contributed by atoms with E-state index < -0.39 is 0 Å². The molecule has 104 valence electrons. The van der Waals surface area contributed by atoms with Gasteiger partial charge in [0.05, 0.1) is 11.3 Å². The number of nitrogen functional groups attached to an aromatic ring is 1. The Morgan fingerprint density at radius 1 is 1.20 bits per heavy atom. The monoisotopic (exact) mass is 271 g/mol. The Hall–Kier alpha value is -2.44. The zero-order valence-electron chi connectivity index (χ0n) is 12.0. The number of rotatable bonds is 2. The van der Waals surface area contributed by atoms with Gasteiger partial charge in [-0.2, -0.15) is 5.10 Å². The van der Waals surface area contributed by atoms with Gasteiger partial charge in [-0.05, 0) is 27.7 Å². The Balaban J connectivity index is 2.32. The molecule has 0 aliphatic heterocycles. The van der Waals surface area contributed by atoms with E-state index in [1.807, 2.05) is 18.5 Å². The number of anilines is 1. The van der Waals surface area contributed by atoms with Gasteiger partial charge < -0.3 is 5.73 Å². The van der Waals surface area contributed by atoms with Gasteiger partial charge in [-0.25, -0.2) is 9.38 Å². The van der Waals surface area contributed by atoms with Crippen LogP contribution >= 0.6 is 0 Å². The van der Waals surface area contributed by atoms with E-state index in [4.69, 9.17) is 5.73 Å². The van der Waals surface area contributed by atoms with Crippen molar-refractivity contribution in [2.45, 2.75) is 33.7 Å². The fourth-order valence-electron chi connectivity index (χ4n) is 2.52. The highest BCUT2D eigenvalue weighted by atomic mass is 15.3. The highest BCUT2D eigenvalue weighted by molar-refractivity contribution is 5.66. The molecule has 3 heterocycles. The third-order valence-electron chi connectivity index (χ3n) is 3.39. The summed E-state index contributed by atoms with van der Waals surface area (Å²) >= 11 is 0. The fourth-order valence-corrected chi connectivity index (χ4v) is 2.52. The number of nitrogens with two attached hydrogens (primary N) is 1. The predicted molar refractivity (Wildman–Crippen MR) is 76.3 cm³/mol. The van der Waals surface area contributed by atoms with Gasteiger partial charge in [0.15, 0.2) is 11.5 Å². The molecule has 7 nitrogen and oxygen atoms in total. The second kappa shape index (κ2) is 4.29. The van der Waals surface area contributed by atoms with E-state index in [-0.39, 0.29) is 6.04 Å². The summed E-state index contributed by atoms with van der Waals surface area (Å²) in [5.74, 6) is 1.06. The smallest absolute Gasteiger partial charge is 0.207 e. The summed E-state index contributed by atoms with van der Waals surface area (Å²) in [6, 6.07) is 2.07. The first-order chi connectivity index (χ1) is 9.50. The topological polar surface area (TPSA) is 86.9 Å². The van der Waals surface area contributed by atoms with Crippen LogP contribution in [0.1, 0.15) is 31.3 Å². The number of aryl methyl sites for hydroxylation is 1.